The molecule has 1 aromatic carbocycles. The smallest absolute Gasteiger partial charge is 0.130 e. The molecule has 1 aliphatic rings. The van der Waals surface area contributed by atoms with Crippen molar-refractivity contribution >= 4 is 0 Å². The van der Waals surface area contributed by atoms with Crippen LogP contribution in [0.4, 0.5) is 8.78 Å². The summed E-state index contributed by atoms with van der Waals surface area (Å²) in [4.78, 5) is 0. The fourth-order valence-corrected chi connectivity index (χ4v) is 1.93. The van der Waals surface area contributed by atoms with E-state index in [0.717, 1.165) is 18.4 Å². The lowest BCUT2D eigenvalue weighted by Gasteiger charge is -2.23. The Balaban J connectivity index is 2.09. The van der Waals surface area contributed by atoms with Crippen LogP contribution in [0.3, 0.4) is 0 Å². The van der Waals surface area contributed by atoms with Crippen LogP contribution >= 0.6 is 0 Å². The largest absolute Gasteiger partial charge is 0.328 e. The van der Waals surface area contributed by atoms with Gasteiger partial charge < -0.3 is 5.73 Å². The van der Waals surface area contributed by atoms with Gasteiger partial charge in [-0.3, -0.25) is 0 Å². The highest BCUT2D eigenvalue weighted by Gasteiger charge is 2.44. The molecule has 0 amide bonds. The van der Waals surface area contributed by atoms with Gasteiger partial charge in [0.1, 0.15) is 11.5 Å². The van der Waals surface area contributed by atoms with Crippen LogP contribution in [0, 0.1) is 11.7 Å². The van der Waals surface area contributed by atoms with Crippen molar-refractivity contribution in [3.05, 3.63) is 35.6 Å². The summed E-state index contributed by atoms with van der Waals surface area (Å²) >= 11 is 0. The second kappa shape index (κ2) is 3.89. The summed E-state index contributed by atoms with van der Waals surface area (Å²) < 4.78 is 26.9. The van der Waals surface area contributed by atoms with Gasteiger partial charge in [-0.05, 0) is 36.5 Å². The Labute approximate surface area is 88.3 Å². The average molecular weight is 211 g/mol. The van der Waals surface area contributed by atoms with E-state index in [1.165, 1.54) is 12.1 Å². The van der Waals surface area contributed by atoms with E-state index in [4.69, 9.17) is 5.73 Å². The van der Waals surface area contributed by atoms with E-state index < -0.39 is 5.67 Å². The fourth-order valence-electron chi connectivity index (χ4n) is 1.93. The molecule has 0 radical (unpaired) electrons. The summed E-state index contributed by atoms with van der Waals surface area (Å²) in [5.41, 5.74) is 5.00. The van der Waals surface area contributed by atoms with Gasteiger partial charge in [-0.25, -0.2) is 8.78 Å². The van der Waals surface area contributed by atoms with Crippen molar-refractivity contribution in [1.29, 1.82) is 0 Å². The van der Waals surface area contributed by atoms with E-state index >= 15 is 0 Å². The highest BCUT2D eigenvalue weighted by molar-refractivity contribution is 5.19. The number of hydrogen-bond donors (Lipinski definition) is 1. The van der Waals surface area contributed by atoms with Crippen LogP contribution in [0.5, 0.6) is 0 Å². The molecule has 0 saturated heterocycles. The first-order chi connectivity index (χ1) is 7.14. The first kappa shape index (κ1) is 10.6. The Bertz CT molecular complexity index is 332. The van der Waals surface area contributed by atoms with Gasteiger partial charge in [0.2, 0.25) is 0 Å². The molecule has 3 heteroatoms. The third kappa shape index (κ3) is 2.34. The van der Waals surface area contributed by atoms with E-state index in [2.05, 4.69) is 0 Å². The summed E-state index contributed by atoms with van der Waals surface area (Å²) in [7, 11) is 0. The third-order valence-corrected chi connectivity index (χ3v) is 3.06. The zero-order valence-electron chi connectivity index (χ0n) is 8.55. The Morgan fingerprint density at radius 1 is 1.27 bits per heavy atom. The fraction of sp³-hybridized carbons (Fsp3) is 0.500. The van der Waals surface area contributed by atoms with Crippen molar-refractivity contribution in [3.8, 4) is 0 Å². The van der Waals surface area contributed by atoms with Crippen molar-refractivity contribution in [2.45, 2.75) is 24.9 Å². The maximum absolute atomic E-state index is 14.3. The van der Waals surface area contributed by atoms with Crippen LogP contribution in [0.15, 0.2) is 24.3 Å². The summed E-state index contributed by atoms with van der Waals surface area (Å²) in [6, 6.07) is 5.97. The normalized spacial score (nSPS) is 19.9. The van der Waals surface area contributed by atoms with Crippen LogP contribution in [0.25, 0.3) is 0 Å². The minimum absolute atomic E-state index is 0.0506. The maximum Gasteiger partial charge on any atom is 0.130 e. The molecule has 1 aromatic rings. The highest BCUT2D eigenvalue weighted by atomic mass is 19.1. The Hall–Kier alpha value is -0.960. The van der Waals surface area contributed by atoms with Crippen LogP contribution in [0.2, 0.25) is 0 Å². The molecule has 0 aromatic heterocycles. The van der Waals surface area contributed by atoms with Gasteiger partial charge in [-0.2, -0.15) is 0 Å². The molecule has 1 saturated carbocycles. The van der Waals surface area contributed by atoms with Crippen molar-refractivity contribution in [2.24, 2.45) is 11.7 Å². The molecule has 0 bridgehead atoms. The van der Waals surface area contributed by atoms with Crippen molar-refractivity contribution < 1.29 is 8.78 Å². The number of rotatable bonds is 4. The molecular weight excluding hydrogens is 196 g/mol. The maximum atomic E-state index is 14.3. The average Bonchev–Trinajstić information content (AvgIpc) is 3.05. The monoisotopic (exact) mass is 211 g/mol. The van der Waals surface area contributed by atoms with Crippen LogP contribution in [-0.4, -0.2) is 12.2 Å². The number of benzene rings is 1. The van der Waals surface area contributed by atoms with Crippen LogP contribution in [-0.2, 0) is 6.42 Å². The summed E-state index contributed by atoms with van der Waals surface area (Å²) in [6.45, 7) is 0.0506. The van der Waals surface area contributed by atoms with E-state index in [0.29, 0.717) is 6.42 Å². The van der Waals surface area contributed by atoms with Crippen molar-refractivity contribution in [3.63, 3.8) is 0 Å². The highest BCUT2D eigenvalue weighted by Crippen LogP contribution is 2.43. The van der Waals surface area contributed by atoms with Gasteiger partial charge in [0.15, 0.2) is 0 Å². The van der Waals surface area contributed by atoms with Gasteiger partial charge in [-0.15, -0.1) is 0 Å². The molecule has 2 rings (SSSR count). The zero-order chi connectivity index (χ0) is 10.9. The summed E-state index contributed by atoms with van der Waals surface area (Å²) in [5, 5.41) is 0. The van der Waals surface area contributed by atoms with Gasteiger partial charge in [-0.1, -0.05) is 12.1 Å². The Morgan fingerprint density at radius 3 is 2.33 bits per heavy atom. The predicted octanol–water partition coefficient (Wildman–Crippen LogP) is 2.45. The number of nitrogens with two attached hydrogens (primary N) is 1. The van der Waals surface area contributed by atoms with Crippen LogP contribution in [0.1, 0.15) is 18.4 Å². The van der Waals surface area contributed by atoms with E-state index in [-0.39, 0.29) is 18.3 Å². The lowest BCUT2D eigenvalue weighted by molar-refractivity contribution is 0.142. The second-order valence-corrected chi connectivity index (χ2v) is 4.32. The zero-order valence-corrected chi connectivity index (χ0v) is 8.55. The summed E-state index contributed by atoms with van der Waals surface area (Å²) in [6.07, 6.45) is 2.15. The first-order valence-corrected chi connectivity index (χ1v) is 5.27. The predicted molar refractivity (Wildman–Crippen MR) is 55.7 cm³/mol. The lowest BCUT2D eigenvalue weighted by atomic mass is 9.91. The minimum Gasteiger partial charge on any atom is -0.328 e. The standard InChI is InChI=1S/C12H15F2N/c13-11-5-1-9(2-6-11)7-12(14,8-15)10-3-4-10/h1-2,5-6,10H,3-4,7-8,15H2. The Kier molecular flexibility index (Phi) is 2.74. The molecular formula is C12H15F2N. The molecule has 1 fully saturated rings. The van der Waals surface area contributed by atoms with Crippen molar-refractivity contribution in [2.75, 3.05) is 6.54 Å². The van der Waals surface area contributed by atoms with Gasteiger partial charge >= 0.3 is 0 Å². The van der Waals surface area contributed by atoms with E-state index in [1.54, 1.807) is 12.1 Å². The molecule has 2 N–H and O–H groups in total. The number of halogens is 2. The van der Waals surface area contributed by atoms with Crippen molar-refractivity contribution in [1.82, 2.24) is 0 Å². The SMILES string of the molecule is NCC(F)(Cc1ccc(F)cc1)C1CC1. The Morgan fingerprint density at radius 2 is 1.87 bits per heavy atom. The van der Waals surface area contributed by atoms with Gasteiger partial charge in [0, 0.05) is 13.0 Å². The van der Waals surface area contributed by atoms with Gasteiger partial charge in [0.05, 0.1) is 0 Å². The van der Waals surface area contributed by atoms with Gasteiger partial charge in [0.25, 0.3) is 0 Å². The molecule has 1 atom stereocenters. The minimum atomic E-state index is -1.29. The van der Waals surface area contributed by atoms with Crippen LogP contribution < -0.4 is 5.73 Å². The third-order valence-electron chi connectivity index (χ3n) is 3.06. The molecule has 1 unspecified atom stereocenters. The first-order valence-electron chi connectivity index (χ1n) is 5.27. The molecule has 1 nitrogen and oxygen atoms in total. The molecule has 15 heavy (non-hydrogen) atoms. The summed E-state index contributed by atoms with van der Waals surface area (Å²) in [5.74, 6) is -0.185. The molecule has 82 valence electrons. The number of alkyl halides is 1. The molecule has 0 aliphatic heterocycles. The molecule has 1 aliphatic carbocycles. The molecule has 0 heterocycles. The quantitative estimate of drug-likeness (QED) is 0.813. The lowest BCUT2D eigenvalue weighted by Crippen LogP contribution is -2.37. The second-order valence-electron chi connectivity index (χ2n) is 4.32. The number of hydrogen-bond acceptors (Lipinski definition) is 1. The topological polar surface area (TPSA) is 26.0 Å². The van der Waals surface area contributed by atoms with E-state index in [9.17, 15) is 8.78 Å². The van der Waals surface area contributed by atoms with E-state index in [1.807, 2.05) is 0 Å². The molecule has 0 spiro atoms.